The van der Waals surface area contributed by atoms with Crippen LogP contribution in [0.3, 0.4) is 0 Å². The number of nitrogens with zero attached hydrogens (tertiary/aromatic N) is 6. The van der Waals surface area contributed by atoms with Crippen LogP contribution in [0.15, 0.2) is 42.2 Å². The first kappa shape index (κ1) is 19.8. The van der Waals surface area contributed by atoms with Crippen LogP contribution in [-0.2, 0) is 0 Å². The summed E-state index contributed by atoms with van der Waals surface area (Å²) in [5.41, 5.74) is 0.972. The Morgan fingerprint density at radius 1 is 1.29 bits per heavy atom. The van der Waals surface area contributed by atoms with Crippen LogP contribution < -0.4 is 5.32 Å². The second-order valence-corrected chi connectivity index (χ2v) is 8.44. The number of anilines is 1. The van der Waals surface area contributed by atoms with Crippen molar-refractivity contribution in [2.75, 3.05) is 18.4 Å². The van der Waals surface area contributed by atoms with Gasteiger partial charge in [-0.15, -0.1) is 11.3 Å². The van der Waals surface area contributed by atoms with Crippen molar-refractivity contribution in [1.82, 2.24) is 29.5 Å². The Balaban J connectivity index is 1.30. The van der Waals surface area contributed by atoms with Gasteiger partial charge in [0.25, 0.3) is 5.91 Å². The van der Waals surface area contributed by atoms with E-state index in [4.69, 9.17) is 11.6 Å². The second-order valence-electron chi connectivity index (χ2n) is 7.16. The van der Waals surface area contributed by atoms with Gasteiger partial charge in [-0.05, 0) is 25.0 Å². The maximum absolute atomic E-state index is 13.8. The smallest absolute Gasteiger partial charge is 0.272 e. The molecule has 158 valence electrons. The average molecular weight is 458 g/mol. The number of carbonyl (C=O) groups is 1. The van der Waals surface area contributed by atoms with Gasteiger partial charge in [-0.3, -0.25) is 4.79 Å². The molecule has 1 aliphatic rings. The highest BCUT2D eigenvalue weighted by Gasteiger charge is 2.26. The summed E-state index contributed by atoms with van der Waals surface area (Å²) in [7, 11) is 0. The number of fused-ring (bicyclic) bond motifs is 1. The standard InChI is InChI=1S/C20H17ClFN7OS/c21-16-10-15(26-17(27-16)13-11-24-29-8-9-31-20(13)29)19(30)28-6-3-12(4-7-28)25-18-14(22)2-1-5-23-18/h1-2,5,8-12H,3-4,6-7H2,(H,23,25). The molecule has 0 atom stereocenters. The maximum atomic E-state index is 13.8. The molecule has 0 aromatic carbocycles. The number of pyridine rings is 1. The van der Waals surface area contributed by atoms with E-state index in [1.165, 1.54) is 23.5 Å². The van der Waals surface area contributed by atoms with Crippen molar-refractivity contribution < 1.29 is 9.18 Å². The van der Waals surface area contributed by atoms with Gasteiger partial charge in [0.15, 0.2) is 17.5 Å². The van der Waals surface area contributed by atoms with Gasteiger partial charge in [-0.1, -0.05) is 11.6 Å². The van der Waals surface area contributed by atoms with Crippen molar-refractivity contribution in [2.45, 2.75) is 18.9 Å². The van der Waals surface area contributed by atoms with E-state index in [2.05, 4.69) is 25.4 Å². The highest BCUT2D eigenvalue weighted by atomic mass is 35.5. The summed E-state index contributed by atoms with van der Waals surface area (Å²) in [6.07, 6.45) is 6.40. The van der Waals surface area contributed by atoms with E-state index < -0.39 is 0 Å². The largest absolute Gasteiger partial charge is 0.365 e. The molecule has 0 bridgehead atoms. The number of carbonyl (C=O) groups excluding carboxylic acids is 1. The lowest BCUT2D eigenvalue weighted by Crippen LogP contribution is -2.42. The molecule has 0 radical (unpaired) electrons. The lowest BCUT2D eigenvalue weighted by atomic mass is 10.0. The zero-order valence-electron chi connectivity index (χ0n) is 16.2. The molecule has 1 amide bonds. The summed E-state index contributed by atoms with van der Waals surface area (Å²) in [6, 6.07) is 4.44. The first-order valence-electron chi connectivity index (χ1n) is 9.70. The normalized spacial score (nSPS) is 14.8. The Morgan fingerprint density at radius 3 is 2.94 bits per heavy atom. The van der Waals surface area contributed by atoms with E-state index in [1.807, 2.05) is 11.6 Å². The molecule has 0 unspecified atom stereocenters. The molecule has 1 N–H and O–H groups in total. The topological polar surface area (TPSA) is 88.3 Å². The van der Waals surface area contributed by atoms with Crippen molar-refractivity contribution in [1.29, 1.82) is 0 Å². The maximum Gasteiger partial charge on any atom is 0.272 e. The fraction of sp³-hybridized carbons (Fsp3) is 0.250. The Morgan fingerprint density at radius 2 is 2.13 bits per heavy atom. The Bertz CT molecular complexity index is 1250. The van der Waals surface area contributed by atoms with Gasteiger partial charge >= 0.3 is 0 Å². The lowest BCUT2D eigenvalue weighted by molar-refractivity contribution is 0.0712. The van der Waals surface area contributed by atoms with Crippen LogP contribution in [0.4, 0.5) is 10.2 Å². The summed E-state index contributed by atoms with van der Waals surface area (Å²) >= 11 is 7.71. The zero-order chi connectivity index (χ0) is 21.4. The predicted octanol–water partition coefficient (Wildman–Crippen LogP) is 3.76. The third kappa shape index (κ3) is 3.96. The Kier molecular flexibility index (Phi) is 5.24. The SMILES string of the molecule is O=C(c1cc(Cl)nc(-c2cnn3ccsc23)n1)N1CCC(Nc2ncccc2F)CC1. The first-order valence-corrected chi connectivity index (χ1v) is 11.0. The molecule has 11 heteroatoms. The lowest BCUT2D eigenvalue weighted by Gasteiger charge is -2.32. The van der Waals surface area contributed by atoms with Crippen molar-refractivity contribution in [2.24, 2.45) is 0 Å². The minimum Gasteiger partial charge on any atom is -0.365 e. The van der Waals surface area contributed by atoms with Gasteiger partial charge in [-0.2, -0.15) is 5.10 Å². The molecule has 4 aromatic rings. The summed E-state index contributed by atoms with van der Waals surface area (Å²) < 4.78 is 15.5. The number of nitrogens with one attached hydrogen (secondary N) is 1. The van der Waals surface area contributed by atoms with E-state index in [0.29, 0.717) is 31.8 Å². The molecule has 4 aromatic heterocycles. The molecule has 0 aliphatic carbocycles. The van der Waals surface area contributed by atoms with E-state index in [9.17, 15) is 9.18 Å². The van der Waals surface area contributed by atoms with E-state index in [0.717, 1.165) is 10.4 Å². The van der Waals surface area contributed by atoms with Crippen LogP contribution in [0.2, 0.25) is 5.15 Å². The van der Waals surface area contributed by atoms with E-state index in [-0.39, 0.29) is 34.4 Å². The summed E-state index contributed by atoms with van der Waals surface area (Å²) in [5.74, 6) is 0.0165. The number of rotatable bonds is 4. The first-order chi connectivity index (χ1) is 15.1. The second kappa shape index (κ2) is 8.20. The van der Waals surface area contributed by atoms with Gasteiger partial charge in [-0.25, -0.2) is 23.9 Å². The fourth-order valence-electron chi connectivity index (χ4n) is 3.60. The molecule has 31 heavy (non-hydrogen) atoms. The van der Waals surface area contributed by atoms with Crippen molar-refractivity contribution >= 4 is 39.5 Å². The van der Waals surface area contributed by atoms with Crippen molar-refractivity contribution in [3.8, 4) is 11.4 Å². The van der Waals surface area contributed by atoms with Crippen LogP contribution in [0.5, 0.6) is 0 Å². The van der Waals surface area contributed by atoms with Crippen LogP contribution in [0, 0.1) is 5.82 Å². The fourth-order valence-corrected chi connectivity index (χ4v) is 4.58. The number of amides is 1. The number of halogens is 2. The molecule has 0 saturated carbocycles. The van der Waals surface area contributed by atoms with Crippen LogP contribution in [0.1, 0.15) is 23.3 Å². The molecule has 5 heterocycles. The molecule has 1 fully saturated rings. The van der Waals surface area contributed by atoms with Crippen LogP contribution >= 0.6 is 22.9 Å². The molecule has 5 rings (SSSR count). The van der Waals surface area contributed by atoms with Gasteiger partial charge in [0, 0.05) is 43.0 Å². The molecular weight excluding hydrogens is 441 g/mol. The minimum absolute atomic E-state index is 0.0394. The average Bonchev–Trinajstić information content (AvgIpc) is 3.39. The van der Waals surface area contributed by atoms with Crippen LogP contribution in [0.25, 0.3) is 16.2 Å². The summed E-state index contributed by atoms with van der Waals surface area (Å²) in [5, 5.41) is 9.50. The third-order valence-electron chi connectivity index (χ3n) is 5.17. The molecule has 1 aliphatic heterocycles. The number of hydrogen-bond donors (Lipinski definition) is 1. The van der Waals surface area contributed by atoms with Gasteiger partial charge in [0.05, 0.1) is 11.8 Å². The van der Waals surface area contributed by atoms with Gasteiger partial charge in [0.2, 0.25) is 0 Å². The molecule has 1 saturated heterocycles. The van der Waals surface area contributed by atoms with Crippen molar-refractivity contribution in [3.63, 3.8) is 0 Å². The number of piperidine rings is 1. The highest BCUT2D eigenvalue weighted by molar-refractivity contribution is 7.16. The van der Waals surface area contributed by atoms with E-state index >= 15 is 0 Å². The number of aromatic nitrogens is 5. The highest BCUT2D eigenvalue weighted by Crippen LogP contribution is 2.27. The van der Waals surface area contributed by atoms with E-state index in [1.54, 1.807) is 27.9 Å². The predicted molar refractivity (Wildman–Crippen MR) is 116 cm³/mol. The molecule has 0 spiro atoms. The summed E-state index contributed by atoms with van der Waals surface area (Å²) in [6.45, 7) is 1.04. The number of likely N-dealkylation sites (tertiary alicyclic amines) is 1. The third-order valence-corrected chi connectivity index (χ3v) is 6.25. The van der Waals surface area contributed by atoms with Crippen LogP contribution in [-0.4, -0.2) is 54.5 Å². The molecular formula is C20H17ClFN7OS. The minimum atomic E-state index is -0.385. The van der Waals surface area contributed by atoms with Crippen molar-refractivity contribution in [3.05, 3.63) is 58.8 Å². The van der Waals surface area contributed by atoms with Gasteiger partial charge in [0.1, 0.15) is 15.7 Å². The summed E-state index contributed by atoms with van der Waals surface area (Å²) in [4.78, 5) is 28.5. The Labute approximate surface area is 185 Å². The quantitative estimate of drug-likeness (QED) is 0.469. The molecule has 8 nitrogen and oxygen atoms in total. The monoisotopic (exact) mass is 457 g/mol. The number of hydrogen-bond acceptors (Lipinski definition) is 7. The zero-order valence-corrected chi connectivity index (χ0v) is 17.8. The van der Waals surface area contributed by atoms with Gasteiger partial charge < -0.3 is 10.2 Å². The Hall–Kier alpha value is -3.11. The number of thiazole rings is 1.